The molecular formula is C39H59NO2. The maximum atomic E-state index is 13.2. The Kier molecular flexibility index (Phi) is 8.69. The molecule has 2 N–H and O–H groups in total. The van der Waals surface area contributed by atoms with Crippen LogP contribution in [0.25, 0.3) is 0 Å². The molecule has 0 bridgehead atoms. The number of hydrogen-bond acceptors (Lipinski definition) is 3. The Balaban J connectivity index is 1.33. The molecule has 3 heteroatoms. The topological polar surface area (TPSA) is 52.3 Å². The standard InChI is InChI=1S/C39H59NO2/c1-26(2)13-12-14-27(3)29-19-23-39(8)31-17-18-33-36(4,5)34(21-22-37(33,6)30(31)20-24-38(29,39)7)42-35(41)32(40)25-28-15-10-9-11-16-28/h9-11,13,15-16,27,29,32-34H,12,14,17-25,40H2,1-8H3/t27-,29-,32+,33?,34+,37-,38-,39+/m1/s1. The minimum absolute atomic E-state index is 0.0750. The second-order valence-electron chi connectivity index (χ2n) is 16.3. The van der Waals surface area contributed by atoms with Gasteiger partial charge in [-0.25, -0.2) is 0 Å². The van der Waals surface area contributed by atoms with Gasteiger partial charge in [0.2, 0.25) is 0 Å². The summed E-state index contributed by atoms with van der Waals surface area (Å²) in [6.45, 7) is 19.6. The number of esters is 1. The molecule has 2 fully saturated rings. The highest BCUT2D eigenvalue weighted by Gasteiger charge is 2.63. The van der Waals surface area contributed by atoms with Gasteiger partial charge in [-0.1, -0.05) is 94.7 Å². The number of rotatable bonds is 8. The summed E-state index contributed by atoms with van der Waals surface area (Å²) in [5.41, 5.74) is 13.4. The second-order valence-corrected chi connectivity index (χ2v) is 16.3. The highest BCUT2D eigenvalue weighted by molar-refractivity contribution is 5.76. The van der Waals surface area contributed by atoms with Crippen molar-refractivity contribution in [3.63, 3.8) is 0 Å². The third-order valence-electron chi connectivity index (χ3n) is 13.5. The number of ether oxygens (including phenoxy) is 1. The lowest BCUT2D eigenvalue weighted by Crippen LogP contribution is -2.56. The molecule has 232 valence electrons. The average Bonchev–Trinajstić information content (AvgIpc) is 3.21. The average molecular weight is 574 g/mol. The Hall–Kier alpha value is -1.87. The van der Waals surface area contributed by atoms with Gasteiger partial charge in [0.05, 0.1) is 0 Å². The van der Waals surface area contributed by atoms with E-state index in [9.17, 15) is 4.79 Å². The number of benzene rings is 1. The summed E-state index contributed by atoms with van der Waals surface area (Å²) >= 11 is 0. The molecule has 0 saturated heterocycles. The smallest absolute Gasteiger partial charge is 0.323 e. The third-order valence-corrected chi connectivity index (χ3v) is 13.5. The molecule has 1 aromatic carbocycles. The number of carbonyl (C=O) groups excluding carboxylic acids is 1. The Labute approximate surface area is 257 Å². The van der Waals surface area contributed by atoms with Crippen LogP contribution in [0.2, 0.25) is 0 Å². The van der Waals surface area contributed by atoms with Gasteiger partial charge in [0.25, 0.3) is 0 Å². The summed E-state index contributed by atoms with van der Waals surface area (Å²) in [5, 5.41) is 0. The van der Waals surface area contributed by atoms with E-state index in [1.165, 1.54) is 56.9 Å². The van der Waals surface area contributed by atoms with Crippen LogP contribution in [-0.2, 0) is 16.0 Å². The van der Waals surface area contributed by atoms with Gasteiger partial charge >= 0.3 is 5.97 Å². The molecule has 0 spiro atoms. The van der Waals surface area contributed by atoms with Gasteiger partial charge in [-0.2, -0.15) is 0 Å². The van der Waals surface area contributed by atoms with Crippen LogP contribution in [-0.4, -0.2) is 18.1 Å². The Morgan fingerprint density at radius 2 is 1.69 bits per heavy atom. The van der Waals surface area contributed by atoms with Crippen molar-refractivity contribution in [2.45, 2.75) is 138 Å². The number of nitrogens with two attached hydrogens (primary N) is 1. The normalized spacial score (nSPS) is 36.7. The number of carbonyl (C=O) groups is 1. The van der Waals surface area contributed by atoms with Crippen LogP contribution in [0.1, 0.15) is 125 Å². The van der Waals surface area contributed by atoms with E-state index in [0.717, 1.165) is 30.2 Å². The largest absolute Gasteiger partial charge is 0.461 e. The molecule has 0 amide bonds. The van der Waals surface area contributed by atoms with Gasteiger partial charge in [-0.05, 0) is 124 Å². The maximum absolute atomic E-state index is 13.2. The first-order valence-electron chi connectivity index (χ1n) is 17.1. The number of allylic oxidation sites excluding steroid dienone is 4. The fourth-order valence-electron chi connectivity index (χ4n) is 10.8. The summed E-state index contributed by atoms with van der Waals surface area (Å²) in [6.07, 6.45) is 15.2. The van der Waals surface area contributed by atoms with Gasteiger partial charge in [-0.3, -0.25) is 4.79 Å². The van der Waals surface area contributed by atoms with Crippen LogP contribution >= 0.6 is 0 Å². The van der Waals surface area contributed by atoms with Crippen LogP contribution in [0.15, 0.2) is 53.1 Å². The Morgan fingerprint density at radius 1 is 0.976 bits per heavy atom. The Bertz CT molecular complexity index is 1210. The molecule has 4 aliphatic rings. The van der Waals surface area contributed by atoms with Crippen molar-refractivity contribution in [1.82, 2.24) is 0 Å². The van der Waals surface area contributed by atoms with E-state index in [-0.39, 0.29) is 22.9 Å². The molecular weight excluding hydrogens is 514 g/mol. The van der Waals surface area contributed by atoms with Gasteiger partial charge in [0, 0.05) is 5.41 Å². The lowest BCUT2D eigenvalue weighted by atomic mass is 9.43. The zero-order valence-electron chi connectivity index (χ0n) is 28.0. The minimum atomic E-state index is -0.618. The van der Waals surface area contributed by atoms with E-state index in [1.54, 1.807) is 5.57 Å². The first-order chi connectivity index (χ1) is 19.7. The van der Waals surface area contributed by atoms with Crippen LogP contribution in [0, 0.1) is 39.4 Å². The first-order valence-corrected chi connectivity index (χ1v) is 17.1. The lowest BCUT2D eigenvalue weighted by Gasteiger charge is -2.62. The number of fused-ring (bicyclic) bond motifs is 4. The van der Waals surface area contributed by atoms with Crippen molar-refractivity contribution in [1.29, 1.82) is 0 Å². The lowest BCUT2D eigenvalue weighted by molar-refractivity contribution is -0.171. The van der Waals surface area contributed by atoms with Crippen LogP contribution in [0.4, 0.5) is 0 Å². The van der Waals surface area contributed by atoms with Crippen molar-refractivity contribution in [2.75, 3.05) is 0 Å². The van der Waals surface area contributed by atoms with Crippen molar-refractivity contribution in [2.24, 2.45) is 45.1 Å². The molecule has 42 heavy (non-hydrogen) atoms. The molecule has 1 unspecified atom stereocenters. The predicted molar refractivity (Wildman–Crippen MR) is 175 cm³/mol. The monoisotopic (exact) mass is 573 g/mol. The fraction of sp³-hybridized carbons (Fsp3) is 0.718. The molecule has 0 radical (unpaired) electrons. The molecule has 1 aromatic rings. The Morgan fingerprint density at radius 3 is 2.38 bits per heavy atom. The molecule has 3 nitrogen and oxygen atoms in total. The maximum Gasteiger partial charge on any atom is 0.323 e. The first kappa shape index (κ1) is 31.6. The molecule has 8 atom stereocenters. The minimum Gasteiger partial charge on any atom is -0.461 e. The summed E-state index contributed by atoms with van der Waals surface area (Å²) in [4.78, 5) is 13.2. The predicted octanol–water partition coefficient (Wildman–Crippen LogP) is 9.60. The summed E-state index contributed by atoms with van der Waals surface area (Å²) < 4.78 is 6.28. The molecule has 0 aromatic heterocycles. The summed E-state index contributed by atoms with van der Waals surface area (Å²) in [7, 11) is 0. The summed E-state index contributed by atoms with van der Waals surface area (Å²) in [6, 6.07) is 9.43. The van der Waals surface area contributed by atoms with E-state index < -0.39 is 6.04 Å². The highest BCUT2D eigenvalue weighted by atomic mass is 16.5. The van der Waals surface area contributed by atoms with Crippen molar-refractivity contribution in [3.8, 4) is 0 Å². The molecule has 5 rings (SSSR count). The fourth-order valence-corrected chi connectivity index (χ4v) is 10.8. The van der Waals surface area contributed by atoms with Gasteiger partial charge in [0.1, 0.15) is 12.1 Å². The van der Waals surface area contributed by atoms with E-state index in [2.05, 4.69) is 61.5 Å². The van der Waals surface area contributed by atoms with Crippen molar-refractivity contribution >= 4 is 5.97 Å². The molecule has 4 aliphatic carbocycles. The zero-order valence-corrected chi connectivity index (χ0v) is 28.0. The number of hydrogen-bond donors (Lipinski definition) is 1. The summed E-state index contributed by atoms with van der Waals surface area (Å²) in [5.74, 6) is 1.87. The van der Waals surface area contributed by atoms with Gasteiger partial charge in [0.15, 0.2) is 0 Å². The van der Waals surface area contributed by atoms with E-state index >= 15 is 0 Å². The van der Waals surface area contributed by atoms with E-state index in [1.807, 2.05) is 35.9 Å². The van der Waals surface area contributed by atoms with Crippen molar-refractivity contribution < 1.29 is 9.53 Å². The van der Waals surface area contributed by atoms with Crippen LogP contribution < -0.4 is 5.73 Å². The van der Waals surface area contributed by atoms with Crippen molar-refractivity contribution in [3.05, 3.63) is 58.7 Å². The van der Waals surface area contributed by atoms with Gasteiger partial charge < -0.3 is 10.5 Å². The molecule has 0 aliphatic heterocycles. The van der Waals surface area contributed by atoms with E-state index in [4.69, 9.17) is 10.5 Å². The van der Waals surface area contributed by atoms with Crippen LogP contribution in [0.3, 0.4) is 0 Å². The molecule has 2 saturated carbocycles. The SMILES string of the molecule is CC(C)=CCC[C@@H](C)[C@H]1CC[C@@]2(C)C3=C(CC[C@]12C)[C@@]1(C)CC[C@H](OC(=O)[C@@H](N)Cc2ccccc2)C(C)(C)C1CC3. The quantitative estimate of drug-likeness (QED) is 0.249. The third kappa shape index (κ3) is 5.24. The van der Waals surface area contributed by atoms with E-state index in [0.29, 0.717) is 23.2 Å². The second kappa shape index (κ2) is 11.6. The molecule has 0 heterocycles. The highest BCUT2D eigenvalue weighted by Crippen LogP contribution is 2.72. The van der Waals surface area contributed by atoms with Crippen LogP contribution in [0.5, 0.6) is 0 Å². The zero-order chi connectivity index (χ0) is 30.5. The van der Waals surface area contributed by atoms with Gasteiger partial charge in [-0.15, -0.1) is 0 Å².